The molecule has 0 spiro atoms. The molecule has 2 heterocycles. The smallest absolute Gasteiger partial charge is 0.225 e. The Balaban J connectivity index is 1.47. The van der Waals surface area contributed by atoms with E-state index in [0.29, 0.717) is 44.1 Å². The Kier molecular flexibility index (Phi) is 8.03. The Labute approximate surface area is 177 Å². The largest absolute Gasteiger partial charge is 0.484 e. The number of nitrogens with zero attached hydrogens (tertiary/aromatic N) is 2. The van der Waals surface area contributed by atoms with Crippen LogP contribution >= 0.6 is 0 Å². The summed E-state index contributed by atoms with van der Waals surface area (Å²) in [4.78, 5) is 17.3. The molecule has 1 atom stereocenters. The van der Waals surface area contributed by atoms with Gasteiger partial charge >= 0.3 is 0 Å². The van der Waals surface area contributed by atoms with Gasteiger partial charge in [-0.15, -0.1) is 0 Å². The fourth-order valence-electron chi connectivity index (χ4n) is 4.75. The lowest BCUT2D eigenvalue weighted by Crippen LogP contribution is -2.48. The summed E-state index contributed by atoms with van der Waals surface area (Å²) in [6.07, 6.45) is 5.95. The predicted octanol–water partition coefficient (Wildman–Crippen LogP) is 4.76. The van der Waals surface area contributed by atoms with Gasteiger partial charge in [-0.3, -0.25) is 4.79 Å². The highest BCUT2D eigenvalue weighted by Gasteiger charge is 2.33. The first-order chi connectivity index (χ1) is 14.4. The van der Waals surface area contributed by atoms with Crippen molar-refractivity contribution in [2.24, 2.45) is 5.92 Å². The van der Waals surface area contributed by atoms with Crippen LogP contribution in [0.3, 0.4) is 0 Å². The van der Waals surface area contributed by atoms with Gasteiger partial charge in [-0.25, -0.2) is 13.2 Å². The maximum Gasteiger partial charge on any atom is 0.225 e. The molecule has 2 aliphatic heterocycles. The molecule has 0 saturated carbocycles. The van der Waals surface area contributed by atoms with E-state index in [-0.39, 0.29) is 17.9 Å². The Morgan fingerprint density at radius 2 is 1.63 bits per heavy atom. The highest BCUT2D eigenvalue weighted by atomic mass is 19.1. The van der Waals surface area contributed by atoms with E-state index >= 15 is 0 Å². The quantitative estimate of drug-likeness (QED) is 0.630. The van der Waals surface area contributed by atoms with Crippen molar-refractivity contribution in [3.05, 3.63) is 29.6 Å². The van der Waals surface area contributed by atoms with E-state index in [1.807, 2.05) is 4.90 Å². The number of likely N-dealkylation sites (tertiary alicyclic amines) is 2. The van der Waals surface area contributed by atoms with E-state index in [4.69, 9.17) is 4.74 Å². The maximum absolute atomic E-state index is 13.8. The minimum absolute atomic E-state index is 0.0600. The third kappa shape index (κ3) is 5.48. The Hall–Kier alpha value is -1.76. The van der Waals surface area contributed by atoms with Gasteiger partial charge in [-0.05, 0) is 38.8 Å². The zero-order valence-corrected chi connectivity index (χ0v) is 18.0. The lowest BCUT2D eigenvalue weighted by Gasteiger charge is -2.39. The van der Waals surface area contributed by atoms with Crippen LogP contribution in [-0.4, -0.2) is 54.0 Å². The molecular weight excluding hydrogens is 393 g/mol. The number of piperidine rings is 2. The summed E-state index contributed by atoms with van der Waals surface area (Å²) in [5, 5.41) is 0. The molecule has 0 radical (unpaired) electrons. The number of carbonyl (C=O) groups is 1. The minimum atomic E-state index is -1.04. The summed E-state index contributed by atoms with van der Waals surface area (Å²) in [7, 11) is 0. The van der Waals surface area contributed by atoms with Crippen LogP contribution in [0.2, 0.25) is 0 Å². The summed E-state index contributed by atoms with van der Waals surface area (Å²) in [6, 6.07) is 1.85. The van der Waals surface area contributed by atoms with Crippen LogP contribution in [0, 0.1) is 23.4 Å². The standard InChI is InChI=1S/C23H33F3N2O2/c1-3-5-18(4-2)27-10-6-16(7-11-27)23(29)28-12-8-19(9-13-28)30-22-20(25)14-17(24)15-21(22)26/h14-16,18-19H,3-13H2,1-2H3. The first kappa shape index (κ1) is 22.9. The number of halogens is 3. The monoisotopic (exact) mass is 426 g/mol. The number of rotatable bonds is 7. The van der Waals surface area contributed by atoms with Crippen molar-refractivity contribution in [3.8, 4) is 5.75 Å². The van der Waals surface area contributed by atoms with Crippen molar-refractivity contribution in [1.29, 1.82) is 0 Å². The molecule has 1 aromatic rings. The minimum Gasteiger partial charge on any atom is -0.484 e. The average molecular weight is 427 g/mol. The maximum atomic E-state index is 13.8. The van der Waals surface area contributed by atoms with Crippen molar-refractivity contribution >= 4 is 5.91 Å². The molecule has 1 unspecified atom stereocenters. The molecule has 30 heavy (non-hydrogen) atoms. The predicted molar refractivity (Wildman–Crippen MR) is 110 cm³/mol. The zero-order chi connectivity index (χ0) is 21.7. The normalized spacial score (nSPS) is 20.4. The second-order valence-electron chi connectivity index (χ2n) is 8.50. The molecule has 1 aromatic carbocycles. The van der Waals surface area contributed by atoms with Gasteiger partial charge < -0.3 is 14.5 Å². The summed E-state index contributed by atoms with van der Waals surface area (Å²) in [6.45, 7) is 7.41. The van der Waals surface area contributed by atoms with Crippen LogP contribution in [0.5, 0.6) is 5.75 Å². The van der Waals surface area contributed by atoms with Crippen molar-refractivity contribution in [3.63, 3.8) is 0 Å². The van der Waals surface area contributed by atoms with Gasteiger partial charge in [0.05, 0.1) is 0 Å². The van der Waals surface area contributed by atoms with E-state index in [1.165, 1.54) is 12.8 Å². The molecule has 2 fully saturated rings. The molecule has 0 aliphatic carbocycles. The van der Waals surface area contributed by atoms with Crippen LogP contribution < -0.4 is 4.74 Å². The van der Waals surface area contributed by atoms with Crippen LogP contribution in [0.4, 0.5) is 13.2 Å². The zero-order valence-electron chi connectivity index (χ0n) is 18.0. The van der Waals surface area contributed by atoms with E-state index in [1.54, 1.807) is 0 Å². The number of carbonyl (C=O) groups excluding carboxylic acids is 1. The second-order valence-corrected chi connectivity index (χ2v) is 8.50. The van der Waals surface area contributed by atoms with Gasteiger partial charge in [0.15, 0.2) is 17.4 Å². The number of hydrogen-bond donors (Lipinski definition) is 0. The molecule has 7 heteroatoms. The van der Waals surface area contributed by atoms with Gasteiger partial charge in [0.25, 0.3) is 0 Å². The van der Waals surface area contributed by atoms with Crippen LogP contribution in [0.15, 0.2) is 12.1 Å². The van der Waals surface area contributed by atoms with Gasteiger partial charge in [-0.2, -0.15) is 0 Å². The number of benzene rings is 1. The van der Waals surface area contributed by atoms with Gasteiger partial charge in [0.2, 0.25) is 5.91 Å². The summed E-state index contributed by atoms with van der Waals surface area (Å²) < 4.78 is 46.1. The summed E-state index contributed by atoms with van der Waals surface area (Å²) in [5.41, 5.74) is 0. The third-order valence-corrected chi connectivity index (χ3v) is 6.49. The Bertz CT molecular complexity index is 691. The summed E-state index contributed by atoms with van der Waals surface area (Å²) >= 11 is 0. The van der Waals surface area contributed by atoms with Crippen molar-refractivity contribution in [2.45, 2.75) is 70.9 Å². The molecule has 2 aliphatic rings. The third-order valence-electron chi connectivity index (χ3n) is 6.49. The molecule has 0 aromatic heterocycles. The molecule has 3 rings (SSSR count). The van der Waals surface area contributed by atoms with Crippen molar-refractivity contribution < 1.29 is 22.7 Å². The molecule has 4 nitrogen and oxygen atoms in total. The SMILES string of the molecule is CCCC(CC)N1CCC(C(=O)N2CCC(Oc3c(F)cc(F)cc3F)CC2)CC1. The molecular formula is C23H33F3N2O2. The molecule has 2 saturated heterocycles. The van der Waals surface area contributed by atoms with Crippen LogP contribution in [0.25, 0.3) is 0 Å². The number of hydrogen-bond acceptors (Lipinski definition) is 3. The molecule has 0 bridgehead atoms. The van der Waals surface area contributed by atoms with Crippen molar-refractivity contribution in [2.75, 3.05) is 26.2 Å². The number of ether oxygens (including phenoxy) is 1. The first-order valence-corrected chi connectivity index (χ1v) is 11.3. The second kappa shape index (κ2) is 10.5. The Morgan fingerprint density at radius 1 is 1.03 bits per heavy atom. The Morgan fingerprint density at radius 3 is 2.17 bits per heavy atom. The average Bonchev–Trinajstić information content (AvgIpc) is 2.74. The topological polar surface area (TPSA) is 32.8 Å². The van der Waals surface area contributed by atoms with E-state index < -0.39 is 23.2 Å². The first-order valence-electron chi connectivity index (χ1n) is 11.3. The highest BCUT2D eigenvalue weighted by molar-refractivity contribution is 5.79. The van der Waals surface area contributed by atoms with E-state index in [0.717, 1.165) is 32.4 Å². The van der Waals surface area contributed by atoms with Crippen LogP contribution in [0.1, 0.15) is 58.8 Å². The highest BCUT2D eigenvalue weighted by Crippen LogP contribution is 2.28. The fraction of sp³-hybridized carbons (Fsp3) is 0.696. The van der Waals surface area contributed by atoms with E-state index in [9.17, 15) is 18.0 Å². The lowest BCUT2D eigenvalue weighted by atomic mass is 9.92. The van der Waals surface area contributed by atoms with Gasteiger partial charge in [-0.1, -0.05) is 20.3 Å². The van der Waals surface area contributed by atoms with Crippen LogP contribution in [-0.2, 0) is 4.79 Å². The fourth-order valence-corrected chi connectivity index (χ4v) is 4.75. The van der Waals surface area contributed by atoms with E-state index in [2.05, 4.69) is 18.7 Å². The van der Waals surface area contributed by atoms with Gasteiger partial charge in [0, 0.05) is 50.0 Å². The van der Waals surface area contributed by atoms with Crippen molar-refractivity contribution in [1.82, 2.24) is 9.80 Å². The molecule has 0 N–H and O–H groups in total. The molecule has 168 valence electrons. The number of amides is 1. The summed E-state index contributed by atoms with van der Waals surface area (Å²) in [5.74, 6) is -3.33. The van der Waals surface area contributed by atoms with Gasteiger partial charge in [0.1, 0.15) is 11.9 Å². The lowest BCUT2D eigenvalue weighted by molar-refractivity contribution is -0.139. The molecule has 1 amide bonds.